The minimum Gasteiger partial charge on any atom is -0.496 e. The van der Waals surface area contributed by atoms with Gasteiger partial charge in [0.15, 0.2) is 17.3 Å². The van der Waals surface area contributed by atoms with E-state index in [4.69, 9.17) is 24.8 Å². The SMILES string of the molecule is COc1cc(OC)c(C(=O)O/N=C(/N)c2cccc(C)c2)cc1OC. The van der Waals surface area contributed by atoms with E-state index >= 15 is 0 Å². The zero-order valence-corrected chi connectivity index (χ0v) is 14.5. The summed E-state index contributed by atoms with van der Waals surface area (Å²) in [5, 5.41) is 3.70. The minimum atomic E-state index is -0.728. The molecule has 0 aliphatic heterocycles. The number of carbonyl (C=O) groups is 1. The zero-order valence-electron chi connectivity index (χ0n) is 14.5. The minimum absolute atomic E-state index is 0.0940. The van der Waals surface area contributed by atoms with E-state index in [9.17, 15) is 4.79 Å². The van der Waals surface area contributed by atoms with E-state index in [1.165, 1.54) is 33.5 Å². The van der Waals surface area contributed by atoms with Crippen molar-refractivity contribution >= 4 is 11.8 Å². The van der Waals surface area contributed by atoms with Gasteiger partial charge >= 0.3 is 5.97 Å². The molecule has 0 atom stereocenters. The molecule has 0 aromatic heterocycles. The Morgan fingerprint density at radius 3 is 2.20 bits per heavy atom. The topological polar surface area (TPSA) is 92.4 Å². The lowest BCUT2D eigenvalue weighted by molar-refractivity contribution is 0.0512. The van der Waals surface area contributed by atoms with E-state index < -0.39 is 5.97 Å². The van der Waals surface area contributed by atoms with E-state index in [1.54, 1.807) is 6.07 Å². The molecule has 25 heavy (non-hydrogen) atoms. The van der Waals surface area contributed by atoms with Crippen LogP contribution < -0.4 is 19.9 Å². The second kappa shape index (κ2) is 8.05. The summed E-state index contributed by atoms with van der Waals surface area (Å²) in [5.41, 5.74) is 7.68. The molecule has 0 heterocycles. The lowest BCUT2D eigenvalue weighted by Gasteiger charge is -2.12. The van der Waals surface area contributed by atoms with Gasteiger partial charge in [0.1, 0.15) is 11.3 Å². The predicted molar refractivity (Wildman–Crippen MR) is 93.4 cm³/mol. The van der Waals surface area contributed by atoms with Crippen molar-refractivity contribution in [1.82, 2.24) is 0 Å². The number of amidine groups is 1. The van der Waals surface area contributed by atoms with E-state index in [0.717, 1.165) is 5.56 Å². The highest BCUT2D eigenvalue weighted by Crippen LogP contribution is 2.34. The molecule has 2 aromatic carbocycles. The van der Waals surface area contributed by atoms with Crippen molar-refractivity contribution in [2.45, 2.75) is 6.92 Å². The molecule has 7 heteroatoms. The van der Waals surface area contributed by atoms with Crippen molar-refractivity contribution in [2.75, 3.05) is 21.3 Å². The smallest absolute Gasteiger partial charge is 0.369 e. The molecular formula is C18H20N2O5. The molecule has 0 aliphatic carbocycles. The Morgan fingerprint density at radius 2 is 1.60 bits per heavy atom. The van der Waals surface area contributed by atoms with Crippen molar-refractivity contribution < 1.29 is 23.8 Å². The number of nitrogens with zero attached hydrogens (tertiary/aromatic N) is 1. The lowest BCUT2D eigenvalue weighted by atomic mass is 10.1. The molecule has 2 N–H and O–H groups in total. The summed E-state index contributed by atoms with van der Waals surface area (Å²) in [5.74, 6) is 0.432. The molecule has 0 unspecified atom stereocenters. The number of methoxy groups -OCH3 is 3. The second-order valence-corrected chi connectivity index (χ2v) is 5.13. The summed E-state index contributed by atoms with van der Waals surface area (Å²) >= 11 is 0. The number of hydrogen-bond acceptors (Lipinski definition) is 6. The van der Waals surface area contributed by atoms with Gasteiger partial charge in [0.25, 0.3) is 0 Å². The first kappa shape index (κ1) is 18.1. The van der Waals surface area contributed by atoms with Crippen LogP contribution in [0.1, 0.15) is 21.5 Å². The summed E-state index contributed by atoms with van der Waals surface area (Å²) in [6.45, 7) is 1.93. The molecule has 0 saturated heterocycles. The number of oxime groups is 1. The molecule has 0 saturated carbocycles. The van der Waals surface area contributed by atoms with Gasteiger partial charge in [0.05, 0.1) is 21.3 Å². The number of benzene rings is 2. The molecule has 7 nitrogen and oxygen atoms in total. The normalized spacial score (nSPS) is 11.0. The first-order chi connectivity index (χ1) is 12.0. The van der Waals surface area contributed by atoms with Gasteiger partial charge in [-0.15, -0.1) is 0 Å². The standard InChI is InChI=1S/C18H20N2O5/c1-11-6-5-7-12(8-11)17(19)20-25-18(21)13-9-15(23-3)16(24-4)10-14(13)22-2/h5-10H,1-4H3,(H2,19,20). The molecule has 2 rings (SSSR count). The van der Waals surface area contributed by atoms with Gasteiger partial charge in [-0.05, 0) is 13.0 Å². The maximum absolute atomic E-state index is 12.3. The van der Waals surface area contributed by atoms with Crippen molar-refractivity contribution in [3.63, 3.8) is 0 Å². The number of hydrogen-bond donors (Lipinski definition) is 1. The first-order valence-corrected chi connectivity index (χ1v) is 7.42. The molecule has 0 amide bonds. The molecule has 2 aromatic rings. The van der Waals surface area contributed by atoms with Gasteiger partial charge in [-0.2, -0.15) is 0 Å². The highest BCUT2D eigenvalue weighted by atomic mass is 16.7. The third kappa shape index (κ3) is 4.20. The summed E-state index contributed by atoms with van der Waals surface area (Å²) in [4.78, 5) is 17.3. The predicted octanol–water partition coefficient (Wildman–Crippen LogP) is 2.50. The molecule has 132 valence electrons. The Morgan fingerprint density at radius 1 is 0.960 bits per heavy atom. The maximum Gasteiger partial charge on any atom is 0.369 e. The monoisotopic (exact) mass is 344 g/mol. The van der Waals surface area contributed by atoms with Gasteiger partial charge in [-0.1, -0.05) is 28.9 Å². The van der Waals surface area contributed by atoms with Crippen LogP contribution in [0.2, 0.25) is 0 Å². The average molecular weight is 344 g/mol. The summed E-state index contributed by atoms with van der Waals surface area (Å²) < 4.78 is 15.6. The fourth-order valence-corrected chi connectivity index (χ4v) is 2.19. The number of rotatable bonds is 6. The third-order valence-electron chi connectivity index (χ3n) is 3.47. The molecule has 0 spiro atoms. The molecule has 0 fully saturated rings. The van der Waals surface area contributed by atoms with E-state index in [0.29, 0.717) is 17.1 Å². The molecule has 0 aliphatic rings. The average Bonchev–Trinajstić information content (AvgIpc) is 2.64. The quantitative estimate of drug-likeness (QED) is 0.375. The van der Waals surface area contributed by atoms with E-state index in [1.807, 2.05) is 25.1 Å². The van der Waals surface area contributed by atoms with Gasteiger partial charge < -0.3 is 24.8 Å². The fraction of sp³-hybridized carbons (Fsp3) is 0.222. The Balaban J connectivity index is 2.27. The van der Waals surface area contributed by atoms with Gasteiger partial charge in [-0.25, -0.2) is 4.79 Å². The van der Waals surface area contributed by atoms with Crippen LogP contribution in [0, 0.1) is 6.92 Å². The van der Waals surface area contributed by atoms with Crippen LogP contribution in [0.5, 0.6) is 17.2 Å². The molecule has 0 radical (unpaired) electrons. The summed E-state index contributed by atoms with van der Waals surface area (Å²) in [6.07, 6.45) is 0. The first-order valence-electron chi connectivity index (χ1n) is 7.42. The van der Waals surface area contributed by atoms with Gasteiger partial charge in [0, 0.05) is 17.7 Å². The van der Waals surface area contributed by atoms with Gasteiger partial charge in [0.2, 0.25) is 0 Å². The lowest BCUT2D eigenvalue weighted by Crippen LogP contribution is -2.15. The Kier molecular flexibility index (Phi) is 5.84. The van der Waals surface area contributed by atoms with E-state index in [2.05, 4.69) is 5.16 Å². The largest absolute Gasteiger partial charge is 0.496 e. The number of aryl methyl sites for hydroxylation is 1. The Bertz CT molecular complexity index is 802. The molecular weight excluding hydrogens is 324 g/mol. The van der Waals surface area contributed by atoms with Crippen molar-refractivity contribution in [3.05, 3.63) is 53.1 Å². The van der Waals surface area contributed by atoms with Crippen LogP contribution in [0.25, 0.3) is 0 Å². The van der Waals surface area contributed by atoms with Crippen molar-refractivity contribution in [1.29, 1.82) is 0 Å². The highest BCUT2D eigenvalue weighted by Gasteiger charge is 2.19. The third-order valence-corrected chi connectivity index (χ3v) is 3.47. The van der Waals surface area contributed by atoms with Gasteiger partial charge in [-0.3, -0.25) is 0 Å². The summed E-state index contributed by atoms with van der Waals surface area (Å²) in [6, 6.07) is 10.4. The fourth-order valence-electron chi connectivity index (χ4n) is 2.19. The van der Waals surface area contributed by atoms with Crippen LogP contribution in [0.15, 0.2) is 41.6 Å². The van der Waals surface area contributed by atoms with Crippen LogP contribution in [-0.2, 0) is 4.84 Å². The van der Waals surface area contributed by atoms with Crippen LogP contribution in [0.4, 0.5) is 0 Å². The zero-order chi connectivity index (χ0) is 18.4. The Labute approximate surface area is 145 Å². The van der Waals surface area contributed by atoms with E-state index in [-0.39, 0.29) is 17.1 Å². The second-order valence-electron chi connectivity index (χ2n) is 5.13. The molecule has 0 bridgehead atoms. The van der Waals surface area contributed by atoms with Crippen molar-refractivity contribution in [2.24, 2.45) is 10.9 Å². The number of nitrogens with two attached hydrogens (primary N) is 1. The maximum atomic E-state index is 12.3. The number of ether oxygens (including phenoxy) is 3. The highest BCUT2D eigenvalue weighted by molar-refractivity contribution is 5.99. The summed E-state index contributed by atoms with van der Waals surface area (Å²) in [7, 11) is 4.39. The van der Waals surface area contributed by atoms with Crippen LogP contribution in [-0.4, -0.2) is 33.1 Å². The Hall–Kier alpha value is -3.22. The van der Waals surface area contributed by atoms with Crippen molar-refractivity contribution in [3.8, 4) is 17.2 Å². The van der Waals surface area contributed by atoms with Crippen LogP contribution >= 0.6 is 0 Å². The number of carbonyl (C=O) groups excluding carboxylic acids is 1. The van der Waals surface area contributed by atoms with Crippen LogP contribution in [0.3, 0.4) is 0 Å².